The van der Waals surface area contributed by atoms with Gasteiger partial charge in [-0.1, -0.05) is 42.5 Å². The van der Waals surface area contributed by atoms with Gasteiger partial charge in [0, 0.05) is 13.2 Å². The Kier molecular flexibility index (Phi) is 5.37. The van der Waals surface area contributed by atoms with Gasteiger partial charge in [-0.05, 0) is 43.1 Å². The number of hydrogen-bond donors (Lipinski definition) is 1. The summed E-state index contributed by atoms with van der Waals surface area (Å²) < 4.78 is 5.52. The second-order valence-corrected chi connectivity index (χ2v) is 5.09. The van der Waals surface area contributed by atoms with Gasteiger partial charge in [-0.2, -0.15) is 0 Å². The Morgan fingerprint density at radius 1 is 1.05 bits per heavy atom. The molecule has 0 atom stereocenters. The molecule has 1 N–H and O–H groups in total. The van der Waals surface area contributed by atoms with E-state index in [2.05, 4.69) is 61.6 Å². The van der Waals surface area contributed by atoms with E-state index in [1.165, 1.54) is 16.3 Å². The lowest BCUT2D eigenvalue weighted by atomic mass is 10.0. The molecule has 0 bridgehead atoms. The summed E-state index contributed by atoms with van der Waals surface area (Å²) in [6.07, 6.45) is 1.39. The van der Waals surface area contributed by atoms with Crippen molar-refractivity contribution in [1.29, 1.82) is 0 Å². The average molecular weight is 257 g/mol. The van der Waals surface area contributed by atoms with Crippen molar-refractivity contribution in [1.82, 2.24) is 5.32 Å². The molecule has 0 heterocycles. The molecule has 0 fully saturated rings. The molecule has 102 valence electrons. The molecule has 0 saturated carbocycles. The van der Waals surface area contributed by atoms with Crippen molar-refractivity contribution in [2.24, 2.45) is 0 Å². The topological polar surface area (TPSA) is 21.3 Å². The smallest absolute Gasteiger partial charge is 0.0518 e. The van der Waals surface area contributed by atoms with Crippen LogP contribution < -0.4 is 5.32 Å². The van der Waals surface area contributed by atoms with Gasteiger partial charge >= 0.3 is 0 Å². The molecule has 0 amide bonds. The molecule has 0 aliphatic rings. The average Bonchev–Trinajstić information content (AvgIpc) is 2.42. The summed E-state index contributed by atoms with van der Waals surface area (Å²) in [5.41, 5.74) is 1.36. The first-order valence-corrected chi connectivity index (χ1v) is 7.06. The van der Waals surface area contributed by atoms with Crippen molar-refractivity contribution in [3.8, 4) is 0 Å². The molecule has 19 heavy (non-hydrogen) atoms. The first kappa shape index (κ1) is 14.0. The number of ether oxygens (including phenoxy) is 1. The molecule has 2 rings (SSSR count). The molecular formula is C17H23NO. The zero-order valence-corrected chi connectivity index (χ0v) is 11.9. The molecule has 0 spiro atoms. The van der Waals surface area contributed by atoms with Crippen LogP contribution in [0, 0.1) is 0 Å². The van der Waals surface area contributed by atoms with Crippen molar-refractivity contribution in [3.05, 3.63) is 48.0 Å². The van der Waals surface area contributed by atoms with Crippen LogP contribution in [-0.2, 0) is 11.3 Å². The van der Waals surface area contributed by atoms with Gasteiger partial charge < -0.3 is 10.1 Å². The van der Waals surface area contributed by atoms with E-state index < -0.39 is 0 Å². The Labute approximate surface area is 115 Å². The number of benzene rings is 2. The standard InChI is InChI=1S/C17H23NO/c1-14(2)19-12-6-11-18-13-16-9-5-8-15-7-3-4-10-17(15)16/h3-5,7-10,14,18H,6,11-13H2,1-2H3. The lowest BCUT2D eigenvalue weighted by Crippen LogP contribution is -2.17. The van der Waals surface area contributed by atoms with Crippen molar-refractivity contribution < 1.29 is 4.74 Å². The lowest BCUT2D eigenvalue weighted by Gasteiger charge is -2.09. The van der Waals surface area contributed by atoms with E-state index in [0.29, 0.717) is 6.10 Å². The Bertz CT molecular complexity index is 502. The molecule has 0 aromatic heterocycles. The highest BCUT2D eigenvalue weighted by Gasteiger charge is 1.99. The first-order chi connectivity index (χ1) is 9.27. The molecule has 2 heteroatoms. The van der Waals surface area contributed by atoms with Crippen LogP contribution in [0.4, 0.5) is 0 Å². The summed E-state index contributed by atoms with van der Waals surface area (Å²) >= 11 is 0. The van der Waals surface area contributed by atoms with Crippen LogP contribution in [0.25, 0.3) is 10.8 Å². The van der Waals surface area contributed by atoms with Gasteiger partial charge in [0.1, 0.15) is 0 Å². The van der Waals surface area contributed by atoms with Crippen LogP contribution in [0.2, 0.25) is 0 Å². The lowest BCUT2D eigenvalue weighted by molar-refractivity contribution is 0.0770. The Morgan fingerprint density at radius 3 is 2.68 bits per heavy atom. The molecule has 2 aromatic carbocycles. The molecule has 2 aromatic rings. The summed E-state index contributed by atoms with van der Waals surface area (Å²) in [7, 11) is 0. The van der Waals surface area contributed by atoms with Crippen molar-refractivity contribution in [3.63, 3.8) is 0 Å². The van der Waals surface area contributed by atoms with Crippen LogP contribution in [-0.4, -0.2) is 19.3 Å². The maximum absolute atomic E-state index is 5.52. The van der Waals surface area contributed by atoms with Gasteiger partial charge in [0.15, 0.2) is 0 Å². The highest BCUT2D eigenvalue weighted by Crippen LogP contribution is 2.18. The van der Waals surface area contributed by atoms with E-state index in [0.717, 1.165) is 26.1 Å². The van der Waals surface area contributed by atoms with Gasteiger partial charge in [-0.3, -0.25) is 0 Å². The van der Waals surface area contributed by atoms with Crippen LogP contribution >= 0.6 is 0 Å². The minimum absolute atomic E-state index is 0.332. The largest absolute Gasteiger partial charge is 0.379 e. The monoisotopic (exact) mass is 257 g/mol. The van der Waals surface area contributed by atoms with Crippen LogP contribution in [0.5, 0.6) is 0 Å². The predicted octanol–water partition coefficient (Wildman–Crippen LogP) is 3.74. The summed E-state index contributed by atoms with van der Waals surface area (Å²) in [5.74, 6) is 0. The summed E-state index contributed by atoms with van der Waals surface area (Å²) in [6, 6.07) is 15.0. The van der Waals surface area contributed by atoms with E-state index in [4.69, 9.17) is 4.74 Å². The third-order valence-electron chi connectivity index (χ3n) is 3.14. The van der Waals surface area contributed by atoms with Crippen molar-refractivity contribution >= 4 is 10.8 Å². The van der Waals surface area contributed by atoms with E-state index in [1.807, 2.05) is 0 Å². The Morgan fingerprint density at radius 2 is 1.84 bits per heavy atom. The minimum Gasteiger partial charge on any atom is -0.379 e. The third kappa shape index (κ3) is 4.34. The molecule has 0 aliphatic carbocycles. The van der Waals surface area contributed by atoms with E-state index in [1.54, 1.807) is 0 Å². The summed E-state index contributed by atoms with van der Waals surface area (Å²) in [5, 5.41) is 6.14. The second-order valence-electron chi connectivity index (χ2n) is 5.09. The quantitative estimate of drug-likeness (QED) is 0.763. The molecular weight excluding hydrogens is 234 g/mol. The van der Waals surface area contributed by atoms with Crippen molar-refractivity contribution in [2.75, 3.05) is 13.2 Å². The first-order valence-electron chi connectivity index (χ1n) is 7.06. The number of hydrogen-bond acceptors (Lipinski definition) is 2. The minimum atomic E-state index is 0.332. The van der Waals surface area contributed by atoms with Gasteiger partial charge in [0.2, 0.25) is 0 Å². The number of nitrogens with one attached hydrogen (secondary N) is 1. The maximum Gasteiger partial charge on any atom is 0.0518 e. The fourth-order valence-electron chi connectivity index (χ4n) is 2.19. The molecule has 2 nitrogen and oxygen atoms in total. The van der Waals surface area contributed by atoms with Crippen LogP contribution in [0.15, 0.2) is 42.5 Å². The van der Waals surface area contributed by atoms with E-state index >= 15 is 0 Å². The van der Waals surface area contributed by atoms with Gasteiger partial charge in [-0.25, -0.2) is 0 Å². The Hall–Kier alpha value is -1.38. The summed E-state index contributed by atoms with van der Waals surface area (Å²) in [4.78, 5) is 0. The van der Waals surface area contributed by atoms with Crippen molar-refractivity contribution in [2.45, 2.75) is 32.9 Å². The highest BCUT2D eigenvalue weighted by molar-refractivity contribution is 5.85. The predicted molar refractivity (Wildman–Crippen MR) is 81.4 cm³/mol. The van der Waals surface area contributed by atoms with Crippen LogP contribution in [0.3, 0.4) is 0 Å². The van der Waals surface area contributed by atoms with Crippen LogP contribution in [0.1, 0.15) is 25.8 Å². The second kappa shape index (κ2) is 7.27. The van der Waals surface area contributed by atoms with E-state index in [9.17, 15) is 0 Å². The fraction of sp³-hybridized carbons (Fsp3) is 0.412. The van der Waals surface area contributed by atoms with Gasteiger partial charge in [-0.15, -0.1) is 0 Å². The third-order valence-corrected chi connectivity index (χ3v) is 3.14. The fourth-order valence-corrected chi connectivity index (χ4v) is 2.19. The molecule has 0 unspecified atom stereocenters. The number of fused-ring (bicyclic) bond motifs is 1. The molecule has 0 saturated heterocycles. The Balaban J connectivity index is 1.82. The molecule has 0 aliphatic heterocycles. The zero-order chi connectivity index (χ0) is 13.5. The molecule has 0 radical (unpaired) electrons. The SMILES string of the molecule is CC(C)OCCCNCc1cccc2ccccc12. The number of rotatable bonds is 7. The van der Waals surface area contributed by atoms with Gasteiger partial charge in [0.05, 0.1) is 6.10 Å². The normalized spacial score (nSPS) is 11.3. The summed E-state index contributed by atoms with van der Waals surface area (Å²) in [6.45, 7) is 6.90. The van der Waals surface area contributed by atoms with Gasteiger partial charge in [0.25, 0.3) is 0 Å². The van der Waals surface area contributed by atoms with E-state index in [-0.39, 0.29) is 0 Å². The highest BCUT2D eigenvalue weighted by atomic mass is 16.5. The zero-order valence-electron chi connectivity index (χ0n) is 11.9. The maximum atomic E-state index is 5.52.